The van der Waals surface area contributed by atoms with Gasteiger partial charge in [0, 0.05) is 26.1 Å². The lowest BCUT2D eigenvalue weighted by Crippen LogP contribution is -2.34. The number of carbonyl (C=O) groups is 1. The van der Waals surface area contributed by atoms with E-state index in [0.29, 0.717) is 28.9 Å². The van der Waals surface area contributed by atoms with Gasteiger partial charge in [0.2, 0.25) is 5.91 Å². The maximum Gasteiger partial charge on any atom is 0.224 e. The molecule has 5 heteroatoms. The maximum atomic E-state index is 12.0. The van der Waals surface area contributed by atoms with Crippen molar-refractivity contribution < 1.29 is 4.79 Å². The van der Waals surface area contributed by atoms with Gasteiger partial charge in [-0.05, 0) is 36.5 Å². The molecule has 0 aromatic heterocycles. The van der Waals surface area contributed by atoms with Crippen molar-refractivity contribution in [1.29, 1.82) is 0 Å². The topological polar surface area (TPSA) is 46.3 Å². The second kappa shape index (κ2) is 6.12. The fourth-order valence-corrected chi connectivity index (χ4v) is 2.37. The number of rotatable bonds is 5. The van der Waals surface area contributed by atoms with E-state index in [4.69, 9.17) is 28.9 Å². The number of hydrogen-bond donors (Lipinski definition) is 1. The molecule has 1 atom stereocenters. The lowest BCUT2D eigenvalue weighted by Gasteiger charge is -2.20. The second-order valence-corrected chi connectivity index (χ2v) is 6.02. The van der Waals surface area contributed by atoms with Gasteiger partial charge >= 0.3 is 0 Å². The molecule has 3 nitrogen and oxygen atoms in total. The van der Waals surface area contributed by atoms with Crippen molar-refractivity contribution in [2.75, 3.05) is 7.05 Å². The number of nitrogens with two attached hydrogens (primary N) is 1. The van der Waals surface area contributed by atoms with Gasteiger partial charge in [-0.3, -0.25) is 4.79 Å². The monoisotopic (exact) mass is 300 g/mol. The zero-order valence-corrected chi connectivity index (χ0v) is 12.4. The molecule has 2 rings (SSSR count). The Hall–Kier alpha value is -0.770. The normalized spacial score (nSPS) is 16.2. The van der Waals surface area contributed by atoms with E-state index in [9.17, 15) is 4.79 Å². The van der Waals surface area contributed by atoms with Crippen molar-refractivity contribution in [3.8, 4) is 0 Å². The van der Waals surface area contributed by atoms with Crippen LogP contribution in [0.5, 0.6) is 0 Å². The lowest BCUT2D eigenvalue weighted by atomic mass is 10.1. The molecule has 1 saturated carbocycles. The van der Waals surface area contributed by atoms with E-state index in [0.717, 1.165) is 18.4 Å². The fourth-order valence-electron chi connectivity index (χ4n) is 2.05. The molecule has 2 N–H and O–H groups in total. The van der Waals surface area contributed by atoms with Gasteiger partial charge in [0.15, 0.2) is 0 Å². The Morgan fingerprint density at radius 1 is 1.42 bits per heavy atom. The fraction of sp³-hybridized carbons (Fsp3) is 0.500. The predicted octanol–water partition coefficient (Wildman–Crippen LogP) is 3.08. The number of benzene rings is 1. The average molecular weight is 301 g/mol. The van der Waals surface area contributed by atoms with E-state index in [-0.39, 0.29) is 11.9 Å². The Morgan fingerprint density at radius 3 is 2.68 bits per heavy atom. The molecule has 1 aliphatic rings. The minimum atomic E-state index is 0.00348. The van der Waals surface area contributed by atoms with Crippen LogP contribution in [0.25, 0.3) is 0 Å². The molecule has 1 aliphatic carbocycles. The first-order chi connectivity index (χ1) is 8.97. The minimum Gasteiger partial charge on any atom is -0.341 e. The number of hydrogen-bond acceptors (Lipinski definition) is 2. The first-order valence-electron chi connectivity index (χ1n) is 6.41. The van der Waals surface area contributed by atoms with Crippen LogP contribution >= 0.6 is 23.2 Å². The number of amides is 1. The van der Waals surface area contributed by atoms with Crippen molar-refractivity contribution >= 4 is 29.1 Å². The quantitative estimate of drug-likeness (QED) is 0.908. The standard InChI is InChI=1S/C14H18Cl2N2O/c1-18(14(19)7-13(17)10-3-4-10)8-9-2-5-11(15)12(16)6-9/h2,5-6,10,13H,3-4,7-8,17H2,1H3. The summed E-state index contributed by atoms with van der Waals surface area (Å²) < 4.78 is 0. The molecular weight excluding hydrogens is 283 g/mol. The van der Waals surface area contributed by atoms with Crippen LogP contribution in [0.1, 0.15) is 24.8 Å². The molecular formula is C14H18Cl2N2O. The third-order valence-electron chi connectivity index (χ3n) is 3.47. The SMILES string of the molecule is CN(Cc1ccc(Cl)c(Cl)c1)C(=O)CC(N)C1CC1. The summed E-state index contributed by atoms with van der Waals surface area (Å²) in [5, 5.41) is 1.03. The summed E-state index contributed by atoms with van der Waals surface area (Å²) in [6, 6.07) is 5.41. The van der Waals surface area contributed by atoms with Crippen molar-refractivity contribution in [3.63, 3.8) is 0 Å². The van der Waals surface area contributed by atoms with E-state index in [1.807, 2.05) is 6.07 Å². The molecule has 1 aromatic carbocycles. The summed E-state index contributed by atoms with van der Waals surface area (Å²) in [7, 11) is 1.78. The zero-order valence-electron chi connectivity index (χ0n) is 10.9. The third kappa shape index (κ3) is 4.10. The Labute approximate surface area is 123 Å². The van der Waals surface area contributed by atoms with Crippen LogP contribution in [0.3, 0.4) is 0 Å². The molecule has 0 radical (unpaired) electrons. The molecule has 19 heavy (non-hydrogen) atoms. The van der Waals surface area contributed by atoms with E-state index >= 15 is 0 Å². The van der Waals surface area contributed by atoms with Gasteiger partial charge in [0.25, 0.3) is 0 Å². The van der Waals surface area contributed by atoms with E-state index in [2.05, 4.69) is 0 Å². The van der Waals surface area contributed by atoms with Crippen LogP contribution in [0, 0.1) is 5.92 Å². The van der Waals surface area contributed by atoms with Gasteiger partial charge < -0.3 is 10.6 Å². The highest BCUT2D eigenvalue weighted by Crippen LogP contribution is 2.33. The highest BCUT2D eigenvalue weighted by molar-refractivity contribution is 6.42. The van der Waals surface area contributed by atoms with Crippen LogP contribution in [0.15, 0.2) is 18.2 Å². The zero-order chi connectivity index (χ0) is 14.0. The summed E-state index contributed by atoms with van der Waals surface area (Å²) in [5.74, 6) is 0.618. The molecule has 1 amide bonds. The number of nitrogens with zero attached hydrogens (tertiary/aromatic N) is 1. The highest BCUT2D eigenvalue weighted by Gasteiger charge is 2.30. The highest BCUT2D eigenvalue weighted by atomic mass is 35.5. The molecule has 1 aromatic rings. The lowest BCUT2D eigenvalue weighted by molar-refractivity contribution is -0.130. The van der Waals surface area contributed by atoms with Crippen LogP contribution in [-0.2, 0) is 11.3 Å². The smallest absolute Gasteiger partial charge is 0.224 e. The van der Waals surface area contributed by atoms with Gasteiger partial charge in [-0.1, -0.05) is 29.3 Å². The second-order valence-electron chi connectivity index (χ2n) is 5.20. The molecule has 1 unspecified atom stereocenters. The van der Waals surface area contributed by atoms with E-state index < -0.39 is 0 Å². The van der Waals surface area contributed by atoms with Crippen LogP contribution in [0.2, 0.25) is 10.0 Å². The maximum absolute atomic E-state index is 12.0. The van der Waals surface area contributed by atoms with Gasteiger partial charge in [-0.2, -0.15) is 0 Å². The van der Waals surface area contributed by atoms with Gasteiger partial charge in [0.05, 0.1) is 10.0 Å². The summed E-state index contributed by atoms with van der Waals surface area (Å²) in [6.45, 7) is 0.521. The molecule has 1 fully saturated rings. The van der Waals surface area contributed by atoms with Crippen LogP contribution in [0.4, 0.5) is 0 Å². The van der Waals surface area contributed by atoms with E-state index in [1.165, 1.54) is 0 Å². The summed E-state index contributed by atoms with van der Waals surface area (Å²) in [4.78, 5) is 13.7. The summed E-state index contributed by atoms with van der Waals surface area (Å²) in [6.07, 6.45) is 2.73. The molecule has 0 heterocycles. The summed E-state index contributed by atoms with van der Waals surface area (Å²) >= 11 is 11.8. The van der Waals surface area contributed by atoms with Crippen molar-refractivity contribution in [2.45, 2.75) is 31.8 Å². The Morgan fingerprint density at radius 2 is 2.11 bits per heavy atom. The van der Waals surface area contributed by atoms with Crippen molar-refractivity contribution in [2.24, 2.45) is 11.7 Å². The Kier molecular flexibility index (Phi) is 4.71. The summed E-state index contributed by atoms with van der Waals surface area (Å²) in [5.41, 5.74) is 6.93. The Balaban J connectivity index is 1.89. The molecule has 0 bridgehead atoms. The largest absolute Gasteiger partial charge is 0.341 e. The molecule has 0 spiro atoms. The van der Waals surface area contributed by atoms with Gasteiger partial charge in [0.1, 0.15) is 0 Å². The molecule has 104 valence electrons. The van der Waals surface area contributed by atoms with Crippen molar-refractivity contribution in [1.82, 2.24) is 4.90 Å². The third-order valence-corrected chi connectivity index (χ3v) is 4.21. The Bertz CT molecular complexity index is 475. The number of carbonyl (C=O) groups excluding carboxylic acids is 1. The first-order valence-corrected chi connectivity index (χ1v) is 7.16. The van der Waals surface area contributed by atoms with E-state index in [1.54, 1.807) is 24.1 Å². The minimum absolute atomic E-state index is 0.00348. The van der Waals surface area contributed by atoms with Crippen LogP contribution < -0.4 is 5.73 Å². The molecule has 0 aliphatic heterocycles. The first kappa shape index (κ1) is 14.6. The van der Waals surface area contributed by atoms with Gasteiger partial charge in [-0.25, -0.2) is 0 Å². The van der Waals surface area contributed by atoms with Gasteiger partial charge in [-0.15, -0.1) is 0 Å². The average Bonchev–Trinajstić information content (AvgIpc) is 3.17. The van der Waals surface area contributed by atoms with Crippen molar-refractivity contribution in [3.05, 3.63) is 33.8 Å². The molecule has 0 saturated heterocycles. The number of halogens is 2. The van der Waals surface area contributed by atoms with Crippen LogP contribution in [-0.4, -0.2) is 23.9 Å². The predicted molar refractivity (Wildman–Crippen MR) is 78.3 cm³/mol.